The van der Waals surface area contributed by atoms with E-state index in [1.165, 1.54) is 30.3 Å². The summed E-state index contributed by atoms with van der Waals surface area (Å²) in [5.41, 5.74) is 0.844. The molecule has 130 valence electrons. The van der Waals surface area contributed by atoms with E-state index in [-0.39, 0.29) is 25.9 Å². The first kappa shape index (κ1) is 18.1. The van der Waals surface area contributed by atoms with E-state index in [0.29, 0.717) is 11.4 Å². The van der Waals surface area contributed by atoms with E-state index in [2.05, 4.69) is 14.9 Å². The molecule has 0 aliphatic carbocycles. The van der Waals surface area contributed by atoms with Crippen LogP contribution in [-0.2, 0) is 16.4 Å². The molecule has 1 aromatic heterocycles. The lowest BCUT2D eigenvalue weighted by atomic mass is 10.2. The van der Waals surface area contributed by atoms with Gasteiger partial charge in [-0.05, 0) is 35.9 Å². The topological polar surface area (TPSA) is 72.0 Å². The Balaban J connectivity index is 1.75. The lowest BCUT2D eigenvalue weighted by molar-refractivity contribution is 0.601. The highest BCUT2D eigenvalue weighted by Gasteiger charge is 2.18. The quantitative estimate of drug-likeness (QED) is 0.668. The van der Waals surface area contributed by atoms with Gasteiger partial charge in [-0.15, -0.1) is 10.2 Å². The molecule has 5 nitrogen and oxygen atoms in total. The number of sulfonamides is 1. The minimum absolute atomic E-state index is 0.0304. The fourth-order valence-electron chi connectivity index (χ4n) is 1.96. The molecule has 10 heteroatoms. The molecule has 0 fully saturated rings. The number of aromatic nitrogens is 2. The summed E-state index contributed by atoms with van der Waals surface area (Å²) < 4.78 is 40.0. The molecule has 2 aromatic carbocycles. The van der Waals surface area contributed by atoms with Crippen LogP contribution in [0.2, 0.25) is 10.0 Å². The van der Waals surface area contributed by atoms with Crippen molar-refractivity contribution in [3.63, 3.8) is 0 Å². The lowest BCUT2D eigenvalue weighted by Crippen LogP contribution is -2.12. The molecular weight excluding hydrogens is 408 g/mol. The van der Waals surface area contributed by atoms with Crippen molar-refractivity contribution in [1.29, 1.82) is 0 Å². The fraction of sp³-hybridized carbons (Fsp3) is 0.0667. The largest absolute Gasteiger partial charge is 0.263 e. The van der Waals surface area contributed by atoms with Crippen molar-refractivity contribution in [2.24, 2.45) is 0 Å². The molecule has 0 amide bonds. The highest BCUT2D eigenvalue weighted by atomic mass is 35.5. The van der Waals surface area contributed by atoms with E-state index in [1.54, 1.807) is 12.1 Å². The Labute approximate surface area is 157 Å². The van der Waals surface area contributed by atoms with Gasteiger partial charge in [-0.3, -0.25) is 4.72 Å². The first-order chi connectivity index (χ1) is 11.8. The summed E-state index contributed by atoms with van der Waals surface area (Å²) in [5.74, 6) is -0.323. The van der Waals surface area contributed by atoms with Crippen molar-refractivity contribution in [2.45, 2.75) is 11.3 Å². The smallest absolute Gasteiger partial charge is 0.253 e. The van der Waals surface area contributed by atoms with Crippen LogP contribution in [0, 0.1) is 5.82 Å². The highest BCUT2D eigenvalue weighted by molar-refractivity contribution is 7.93. The van der Waals surface area contributed by atoms with Gasteiger partial charge in [0.05, 0.1) is 14.9 Å². The van der Waals surface area contributed by atoms with E-state index >= 15 is 0 Å². The molecule has 1 heterocycles. The third-order valence-electron chi connectivity index (χ3n) is 3.16. The Morgan fingerprint density at radius 1 is 1.04 bits per heavy atom. The van der Waals surface area contributed by atoms with Crippen LogP contribution in [0.25, 0.3) is 0 Å². The normalized spacial score (nSPS) is 11.5. The first-order valence-corrected chi connectivity index (χ1v) is 9.94. The number of nitrogens with one attached hydrogen (secondary N) is 1. The van der Waals surface area contributed by atoms with Gasteiger partial charge in [-0.2, -0.15) is 0 Å². The van der Waals surface area contributed by atoms with Gasteiger partial charge in [-0.1, -0.05) is 46.7 Å². The molecule has 25 heavy (non-hydrogen) atoms. The van der Waals surface area contributed by atoms with E-state index < -0.39 is 10.0 Å². The maximum absolute atomic E-state index is 12.9. The summed E-state index contributed by atoms with van der Waals surface area (Å²) in [7, 11) is -3.85. The van der Waals surface area contributed by atoms with Gasteiger partial charge >= 0.3 is 0 Å². The molecule has 0 radical (unpaired) electrons. The molecule has 3 aromatic rings. The van der Waals surface area contributed by atoms with Crippen LogP contribution < -0.4 is 4.72 Å². The lowest BCUT2D eigenvalue weighted by Gasteiger charge is -2.05. The van der Waals surface area contributed by atoms with Crippen LogP contribution in [0.3, 0.4) is 0 Å². The Morgan fingerprint density at radius 2 is 1.76 bits per heavy atom. The minimum Gasteiger partial charge on any atom is -0.253 e. The molecule has 0 saturated heterocycles. The van der Waals surface area contributed by atoms with Crippen molar-refractivity contribution in [2.75, 3.05) is 4.72 Å². The standard InChI is InChI=1S/C15H10Cl2FN3O2S2/c16-12-6-5-11(8-13(12)17)25(22,23)21-15-20-19-14(24-15)7-9-1-3-10(18)4-2-9/h1-6,8H,7H2,(H,20,21). The van der Waals surface area contributed by atoms with Gasteiger partial charge in [0.2, 0.25) is 5.13 Å². The van der Waals surface area contributed by atoms with E-state index in [9.17, 15) is 12.8 Å². The average Bonchev–Trinajstić information content (AvgIpc) is 2.98. The number of anilines is 1. The molecule has 0 saturated carbocycles. The summed E-state index contributed by atoms with van der Waals surface area (Å²) in [6, 6.07) is 9.98. The summed E-state index contributed by atoms with van der Waals surface area (Å²) in [6.07, 6.45) is 0.423. The van der Waals surface area contributed by atoms with E-state index in [1.807, 2.05) is 0 Å². The summed E-state index contributed by atoms with van der Waals surface area (Å²) in [5, 5.41) is 8.89. The number of halogens is 3. The maximum atomic E-state index is 12.9. The van der Waals surface area contributed by atoms with Crippen molar-refractivity contribution < 1.29 is 12.8 Å². The molecule has 0 bridgehead atoms. The molecule has 0 unspecified atom stereocenters. The van der Waals surface area contributed by atoms with Crippen molar-refractivity contribution in [3.05, 3.63) is 68.9 Å². The van der Waals surface area contributed by atoms with Crippen LogP contribution >= 0.6 is 34.5 Å². The van der Waals surface area contributed by atoms with Gasteiger partial charge in [0, 0.05) is 6.42 Å². The van der Waals surface area contributed by atoms with Crippen LogP contribution in [0.15, 0.2) is 47.4 Å². The third kappa shape index (κ3) is 4.46. The maximum Gasteiger partial charge on any atom is 0.263 e. The molecular formula is C15H10Cl2FN3O2S2. The SMILES string of the molecule is O=S(=O)(Nc1nnc(Cc2ccc(F)cc2)s1)c1ccc(Cl)c(Cl)c1. The molecule has 0 aliphatic heterocycles. The second-order valence-corrected chi connectivity index (χ2v) is 8.54. The zero-order valence-electron chi connectivity index (χ0n) is 12.4. The summed E-state index contributed by atoms with van der Waals surface area (Å²) in [6.45, 7) is 0. The van der Waals surface area contributed by atoms with Crippen molar-refractivity contribution in [3.8, 4) is 0 Å². The fourth-order valence-corrected chi connectivity index (χ4v) is 4.35. The Bertz CT molecular complexity index is 1010. The molecule has 0 spiro atoms. The summed E-state index contributed by atoms with van der Waals surface area (Å²) in [4.78, 5) is -0.0304. The molecule has 0 aliphatic rings. The van der Waals surface area contributed by atoms with Gasteiger partial charge in [0.15, 0.2) is 0 Å². The number of nitrogens with zero attached hydrogens (tertiary/aromatic N) is 2. The van der Waals surface area contributed by atoms with Crippen LogP contribution in [0.4, 0.5) is 9.52 Å². The minimum atomic E-state index is -3.85. The predicted octanol–water partition coefficient (Wildman–Crippen LogP) is 4.38. The number of benzene rings is 2. The first-order valence-electron chi connectivity index (χ1n) is 6.88. The average molecular weight is 418 g/mol. The Kier molecular flexibility index (Phi) is 5.24. The highest BCUT2D eigenvalue weighted by Crippen LogP contribution is 2.27. The third-order valence-corrected chi connectivity index (χ3v) is 6.20. The molecule has 0 atom stereocenters. The van der Waals surface area contributed by atoms with E-state index in [0.717, 1.165) is 16.9 Å². The number of hydrogen-bond donors (Lipinski definition) is 1. The molecule has 3 rings (SSSR count). The molecule has 1 N–H and O–H groups in total. The van der Waals surface area contributed by atoms with Crippen molar-refractivity contribution in [1.82, 2.24) is 10.2 Å². The zero-order valence-corrected chi connectivity index (χ0v) is 15.6. The van der Waals surface area contributed by atoms with Gasteiger partial charge in [-0.25, -0.2) is 12.8 Å². The van der Waals surface area contributed by atoms with Crippen LogP contribution in [0.5, 0.6) is 0 Å². The Morgan fingerprint density at radius 3 is 2.44 bits per heavy atom. The van der Waals surface area contributed by atoms with Crippen molar-refractivity contribution >= 4 is 49.7 Å². The van der Waals surface area contributed by atoms with Crippen LogP contribution in [0.1, 0.15) is 10.6 Å². The Hall–Kier alpha value is -1.74. The van der Waals surface area contributed by atoms with Gasteiger partial charge in [0.1, 0.15) is 10.8 Å². The monoisotopic (exact) mass is 417 g/mol. The van der Waals surface area contributed by atoms with Gasteiger partial charge in [0.25, 0.3) is 10.0 Å². The second kappa shape index (κ2) is 7.25. The zero-order chi connectivity index (χ0) is 18.0. The predicted molar refractivity (Wildman–Crippen MR) is 96.4 cm³/mol. The number of rotatable bonds is 5. The van der Waals surface area contributed by atoms with E-state index in [4.69, 9.17) is 23.2 Å². The second-order valence-electron chi connectivity index (χ2n) is 4.99. The number of hydrogen-bond acceptors (Lipinski definition) is 5. The summed E-state index contributed by atoms with van der Waals surface area (Å²) >= 11 is 12.7. The van der Waals surface area contributed by atoms with Gasteiger partial charge < -0.3 is 0 Å². The van der Waals surface area contributed by atoms with Crippen LogP contribution in [-0.4, -0.2) is 18.6 Å².